The lowest BCUT2D eigenvalue weighted by Crippen LogP contribution is -2.12. The average Bonchev–Trinajstić information content (AvgIpc) is 2.50. The van der Waals surface area contributed by atoms with Crippen molar-refractivity contribution < 1.29 is 9.53 Å². The second-order valence-electron chi connectivity index (χ2n) is 4.67. The van der Waals surface area contributed by atoms with E-state index >= 15 is 0 Å². The van der Waals surface area contributed by atoms with Gasteiger partial charge in [-0.1, -0.05) is 17.7 Å². The molecule has 1 aromatic heterocycles. The van der Waals surface area contributed by atoms with Crippen LogP contribution in [0.1, 0.15) is 15.9 Å². The maximum atomic E-state index is 12.1. The number of methoxy groups -OCH3 is 1. The van der Waals surface area contributed by atoms with Gasteiger partial charge in [-0.25, -0.2) is 4.98 Å². The van der Waals surface area contributed by atoms with Crippen LogP contribution in [-0.4, -0.2) is 31.2 Å². The Balaban J connectivity index is 1.93. The summed E-state index contributed by atoms with van der Waals surface area (Å²) in [4.78, 5) is 16.3. The Morgan fingerprint density at radius 1 is 1.19 bits per heavy atom. The number of carbonyl (C=O) groups is 1. The summed E-state index contributed by atoms with van der Waals surface area (Å²) in [6.45, 7) is 3.30. The summed E-state index contributed by atoms with van der Waals surface area (Å²) in [5.74, 6) is 0.609. The van der Waals surface area contributed by atoms with Crippen molar-refractivity contribution in [1.82, 2.24) is 4.98 Å². The Kier molecular flexibility index (Phi) is 5.29. The van der Waals surface area contributed by atoms with Crippen LogP contribution < -0.4 is 10.6 Å². The lowest BCUT2D eigenvalue weighted by molar-refractivity contribution is 0.102. The first-order valence-corrected chi connectivity index (χ1v) is 6.76. The van der Waals surface area contributed by atoms with Crippen LogP contribution in [0, 0.1) is 6.92 Å². The number of benzene rings is 1. The van der Waals surface area contributed by atoms with Crippen LogP contribution in [-0.2, 0) is 4.74 Å². The molecular formula is C16H19N3O2. The van der Waals surface area contributed by atoms with Gasteiger partial charge in [0, 0.05) is 19.2 Å². The molecule has 0 aliphatic heterocycles. The summed E-state index contributed by atoms with van der Waals surface area (Å²) in [6, 6.07) is 11.1. The van der Waals surface area contributed by atoms with E-state index in [1.54, 1.807) is 25.4 Å². The number of anilines is 2. The number of ether oxygens (including phenoxy) is 1. The number of carbonyl (C=O) groups excluding carboxylic acids is 1. The first kappa shape index (κ1) is 15.0. The predicted octanol–water partition coefficient (Wildman–Crippen LogP) is 2.70. The molecule has 5 heteroatoms. The highest BCUT2D eigenvalue weighted by Crippen LogP contribution is 2.11. The Morgan fingerprint density at radius 2 is 1.95 bits per heavy atom. The number of nitrogens with zero attached hydrogens (tertiary/aromatic N) is 1. The predicted molar refractivity (Wildman–Crippen MR) is 83.7 cm³/mol. The molecule has 0 unspecified atom stereocenters. The van der Waals surface area contributed by atoms with Crippen molar-refractivity contribution in [1.29, 1.82) is 0 Å². The zero-order chi connectivity index (χ0) is 15.1. The number of aryl methyl sites for hydroxylation is 1. The molecular weight excluding hydrogens is 266 g/mol. The highest BCUT2D eigenvalue weighted by molar-refractivity contribution is 6.04. The zero-order valence-corrected chi connectivity index (χ0v) is 12.2. The third-order valence-electron chi connectivity index (χ3n) is 2.95. The number of amides is 1. The van der Waals surface area contributed by atoms with Gasteiger partial charge in [-0.05, 0) is 31.2 Å². The zero-order valence-electron chi connectivity index (χ0n) is 12.2. The molecule has 0 fully saturated rings. The number of hydrogen-bond acceptors (Lipinski definition) is 4. The van der Waals surface area contributed by atoms with Gasteiger partial charge in [-0.15, -0.1) is 0 Å². The van der Waals surface area contributed by atoms with Crippen LogP contribution in [0.15, 0.2) is 42.6 Å². The summed E-state index contributed by atoms with van der Waals surface area (Å²) in [5.41, 5.74) is 2.42. The van der Waals surface area contributed by atoms with E-state index in [2.05, 4.69) is 15.6 Å². The molecule has 2 aromatic rings. The fourth-order valence-electron chi connectivity index (χ4n) is 1.76. The molecule has 0 aliphatic rings. The first-order valence-electron chi connectivity index (χ1n) is 6.76. The smallest absolute Gasteiger partial charge is 0.255 e. The van der Waals surface area contributed by atoms with Gasteiger partial charge < -0.3 is 15.4 Å². The van der Waals surface area contributed by atoms with Crippen molar-refractivity contribution in [2.24, 2.45) is 0 Å². The highest BCUT2D eigenvalue weighted by atomic mass is 16.5. The second kappa shape index (κ2) is 7.40. The molecule has 0 spiro atoms. The number of pyridine rings is 1. The van der Waals surface area contributed by atoms with E-state index in [-0.39, 0.29) is 5.91 Å². The molecule has 110 valence electrons. The van der Waals surface area contributed by atoms with Crippen molar-refractivity contribution in [3.05, 3.63) is 53.7 Å². The van der Waals surface area contributed by atoms with Gasteiger partial charge in [0.1, 0.15) is 5.82 Å². The Hall–Kier alpha value is -2.40. The van der Waals surface area contributed by atoms with Crippen molar-refractivity contribution in [2.45, 2.75) is 6.92 Å². The standard InChI is InChI=1S/C16H19N3O2/c1-12-3-5-13(6-4-12)16(20)19-14-7-8-15(18-11-14)17-9-10-21-2/h3-8,11H,9-10H2,1-2H3,(H,17,18)(H,19,20). The van der Waals surface area contributed by atoms with Crippen LogP contribution in [0.2, 0.25) is 0 Å². The first-order chi connectivity index (χ1) is 10.2. The van der Waals surface area contributed by atoms with Crippen LogP contribution in [0.25, 0.3) is 0 Å². The highest BCUT2D eigenvalue weighted by Gasteiger charge is 2.05. The van der Waals surface area contributed by atoms with Crippen LogP contribution >= 0.6 is 0 Å². The van der Waals surface area contributed by atoms with E-state index < -0.39 is 0 Å². The number of nitrogens with one attached hydrogen (secondary N) is 2. The van der Waals surface area contributed by atoms with Gasteiger partial charge in [0.25, 0.3) is 5.91 Å². The molecule has 21 heavy (non-hydrogen) atoms. The SMILES string of the molecule is COCCNc1ccc(NC(=O)c2ccc(C)cc2)cn1. The molecule has 5 nitrogen and oxygen atoms in total. The van der Waals surface area contributed by atoms with Crippen LogP contribution in [0.3, 0.4) is 0 Å². The monoisotopic (exact) mass is 285 g/mol. The quantitative estimate of drug-likeness (QED) is 0.801. The van der Waals surface area contributed by atoms with Gasteiger partial charge in [0.2, 0.25) is 0 Å². The average molecular weight is 285 g/mol. The van der Waals surface area contributed by atoms with Crippen molar-refractivity contribution in [3.8, 4) is 0 Å². The maximum Gasteiger partial charge on any atom is 0.255 e. The summed E-state index contributed by atoms with van der Waals surface area (Å²) < 4.78 is 4.95. The Bertz CT molecular complexity index is 579. The third kappa shape index (κ3) is 4.57. The molecule has 0 atom stereocenters. The van der Waals surface area contributed by atoms with E-state index in [0.717, 1.165) is 11.4 Å². The minimum absolute atomic E-state index is 0.142. The van der Waals surface area contributed by atoms with E-state index in [0.29, 0.717) is 24.4 Å². The van der Waals surface area contributed by atoms with Gasteiger partial charge in [-0.2, -0.15) is 0 Å². The minimum Gasteiger partial charge on any atom is -0.383 e. The number of aromatic nitrogens is 1. The third-order valence-corrected chi connectivity index (χ3v) is 2.95. The van der Waals surface area contributed by atoms with E-state index in [4.69, 9.17) is 4.74 Å². The maximum absolute atomic E-state index is 12.1. The largest absolute Gasteiger partial charge is 0.383 e. The molecule has 0 aliphatic carbocycles. The van der Waals surface area contributed by atoms with E-state index in [1.807, 2.05) is 31.2 Å². The second-order valence-corrected chi connectivity index (χ2v) is 4.67. The van der Waals surface area contributed by atoms with E-state index in [1.165, 1.54) is 0 Å². The molecule has 1 heterocycles. The normalized spacial score (nSPS) is 10.2. The van der Waals surface area contributed by atoms with Gasteiger partial charge in [-0.3, -0.25) is 4.79 Å². The van der Waals surface area contributed by atoms with Crippen LogP contribution in [0.4, 0.5) is 11.5 Å². The molecule has 1 amide bonds. The molecule has 2 rings (SSSR count). The summed E-state index contributed by atoms with van der Waals surface area (Å²) in [7, 11) is 1.65. The molecule has 0 radical (unpaired) electrons. The van der Waals surface area contributed by atoms with Crippen molar-refractivity contribution in [3.63, 3.8) is 0 Å². The van der Waals surface area contributed by atoms with Crippen molar-refractivity contribution >= 4 is 17.4 Å². The fraction of sp³-hybridized carbons (Fsp3) is 0.250. The summed E-state index contributed by atoms with van der Waals surface area (Å²) in [5, 5.41) is 5.93. The van der Waals surface area contributed by atoms with Gasteiger partial charge in [0.05, 0.1) is 18.5 Å². The fourth-order valence-corrected chi connectivity index (χ4v) is 1.76. The van der Waals surface area contributed by atoms with Crippen molar-refractivity contribution in [2.75, 3.05) is 30.9 Å². The molecule has 0 saturated carbocycles. The Morgan fingerprint density at radius 3 is 2.57 bits per heavy atom. The summed E-state index contributed by atoms with van der Waals surface area (Å²) >= 11 is 0. The lowest BCUT2D eigenvalue weighted by atomic mass is 10.1. The van der Waals surface area contributed by atoms with Crippen LogP contribution in [0.5, 0.6) is 0 Å². The number of rotatable bonds is 6. The Labute approximate surface area is 124 Å². The molecule has 0 saturated heterocycles. The summed E-state index contributed by atoms with van der Waals surface area (Å²) in [6.07, 6.45) is 1.63. The van der Waals surface area contributed by atoms with E-state index in [9.17, 15) is 4.79 Å². The number of hydrogen-bond donors (Lipinski definition) is 2. The molecule has 1 aromatic carbocycles. The minimum atomic E-state index is -0.142. The van der Waals surface area contributed by atoms with Gasteiger partial charge >= 0.3 is 0 Å². The topological polar surface area (TPSA) is 63.2 Å². The van der Waals surface area contributed by atoms with Gasteiger partial charge in [0.15, 0.2) is 0 Å². The molecule has 2 N–H and O–H groups in total. The lowest BCUT2D eigenvalue weighted by Gasteiger charge is -2.07. The molecule has 0 bridgehead atoms.